The van der Waals surface area contributed by atoms with Crippen molar-refractivity contribution in [1.82, 2.24) is 9.88 Å². The molecular formula is C19H28FN3O6. The van der Waals surface area contributed by atoms with Crippen LogP contribution in [0, 0.1) is 5.92 Å². The molecule has 0 aliphatic carbocycles. The second-order valence-electron chi connectivity index (χ2n) is 6.81. The first-order valence-electron chi connectivity index (χ1n) is 9.10. The Morgan fingerprint density at radius 1 is 1.17 bits per heavy atom. The molecule has 0 aromatic carbocycles. The van der Waals surface area contributed by atoms with Crippen molar-refractivity contribution in [3.63, 3.8) is 0 Å². The van der Waals surface area contributed by atoms with E-state index in [-0.39, 0.29) is 18.0 Å². The predicted molar refractivity (Wildman–Crippen MR) is 105 cm³/mol. The fourth-order valence-corrected chi connectivity index (χ4v) is 1.90. The molecule has 29 heavy (non-hydrogen) atoms. The van der Waals surface area contributed by atoms with Crippen LogP contribution in [0.3, 0.4) is 0 Å². The summed E-state index contributed by atoms with van der Waals surface area (Å²) in [6, 6.07) is 1.28. The molecule has 162 valence electrons. The lowest BCUT2D eigenvalue weighted by Crippen LogP contribution is -2.45. The van der Waals surface area contributed by atoms with Crippen molar-refractivity contribution < 1.29 is 28.7 Å². The summed E-state index contributed by atoms with van der Waals surface area (Å²) in [7, 11) is 0. The lowest BCUT2D eigenvalue weighted by molar-refractivity contribution is -0.140. The number of nitrogens with one attached hydrogen (secondary N) is 2. The van der Waals surface area contributed by atoms with Crippen LogP contribution in [0.2, 0.25) is 0 Å². The zero-order valence-corrected chi connectivity index (χ0v) is 17.0. The Bertz CT molecular complexity index is 773. The number of rotatable bonds is 9. The third kappa shape index (κ3) is 10.8. The molecule has 2 amide bonds. The minimum absolute atomic E-state index is 0.0240. The van der Waals surface area contributed by atoms with E-state index >= 15 is 0 Å². The highest BCUT2D eigenvalue weighted by Crippen LogP contribution is 2.01. The van der Waals surface area contributed by atoms with E-state index in [4.69, 9.17) is 5.11 Å². The normalized spacial score (nSPS) is 11.1. The van der Waals surface area contributed by atoms with Crippen molar-refractivity contribution in [3.8, 4) is 0 Å². The second-order valence-corrected chi connectivity index (χ2v) is 6.81. The van der Waals surface area contributed by atoms with Gasteiger partial charge in [-0.05, 0) is 18.1 Å². The SMILES string of the molecule is CC(C)C.CCC(=O)Nc1cccn(CC(=O)NC(CC(=O)O)C(=O)CF)c1=O. The number of halogens is 1. The lowest BCUT2D eigenvalue weighted by atomic mass is 10.1. The largest absolute Gasteiger partial charge is 0.481 e. The number of aliphatic carboxylic acids is 1. The minimum Gasteiger partial charge on any atom is -0.481 e. The van der Waals surface area contributed by atoms with Crippen LogP contribution in [0.5, 0.6) is 0 Å². The van der Waals surface area contributed by atoms with E-state index in [2.05, 4.69) is 31.4 Å². The van der Waals surface area contributed by atoms with Gasteiger partial charge in [0.05, 0.1) is 6.42 Å². The number of nitrogens with zero attached hydrogens (tertiary/aromatic N) is 1. The molecule has 1 heterocycles. The van der Waals surface area contributed by atoms with Crippen molar-refractivity contribution >= 4 is 29.3 Å². The van der Waals surface area contributed by atoms with Crippen LogP contribution in [0.1, 0.15) is 40.5 Å². The first-order chi connectivity index (χ1) is 13.5. The quantitative estimate of drug-likeness (QED) is 0.559. The van der Waals surface area contributed by atoms with Gasteiger partial charge in [-0.15, -0.1) is 0 Å². The molecule has 0 saturated carbocycles. The van der Waals surface area contributed by atoms with Gasteiger partial charge in [-0.1, -0.05) is 27.7 Å². The Balaban J connectivity index is 0.00000178. The molecule has 1 unspecified atom stereocenters. The van der Waals surface area contributed by atoms with Gasteiger partial charge < -0.3 is 20.3 Å². The number of aromatic nitrogens is 1. The second kappa shape index (κ2) is 13.2. The van der Waals surface area contributed by atoms with Gasteiger partial charge in [0.2, 0.25) is 11.8 Å². The number of pyridine rings is 1. The smallest absolute Gasteiger partial charge is 0.305 e. The Labute approximate surface area is 168 Å². The van der Waals surface area contributed by atoms with E-state index in [9.17, 15) is 28.4 Å². The summed E-state index contributed by atoms with van der Waals surface area (Å²) in [5, 5.41) is 13.2. The predicted octanol–water partition coefficient (Wildman–Crippen LogP) is 1.36. The Kier molecular flexibility index (Phi) is 11.8. The van der Waals surface area contributed by atoms with Crippen molar-refractivity contribution in [2.24, 2.45) is 5.92 Å². The first-order valence-corrected chi connectivity index (χ1v) is 9.10. The number of carbonyl (C=O) groups excluding carboxylic acids is 3. The van der Waals surface area contributed by atoms with Crippen LogP contribution in [0.25, 0.3) is 0 Å². The highest BCUT2D eigenvalue weighted by Gasteiger charge is 2.23. The summed E-state index contributed by atoms with van der Waals surface area (Å²) in [6.07, 6.45) is 0.680. The summed E-state index contributed by atoms with van der Waals surface area (Å²) in [5.41, 5.74) is -0.671. The molecule has 0 radical (unpaired) electrons. The standard InChI is InChI=1S/C15H18FN3O6.C4H10/c1-2-12(21)17-9-4-3-5-19(15(9)25)8-13(22)18-10(6-14(23)24)11(20)7-16;1-4(2)3/h3-5,10H,2,6-8H2,1H3,(H,17,21)(H,18,22)(H,23,24);4H,1-3H3. The maximum absolute atomic E-state index is 12.4. The molecule has 1 aromatic heterocycles. The highest BCUT2D eigenvalue weighted by atomic mass is 19.1. The average Bonchev–Trinajstić information content (AvgIpc) is 2.62. The van der Waals surface area contributed by atoms with E-state index in [1.165, 1.54) is 18.3 Å². The van der Waals surface area contributed by atoms with Crippen molar-refractivity contribution in [3.05, 3.63) is 28.7 Å². The molecule has 10 heteroatoms. The fraction of sp³-hybridized carbons (Fsp3) is 0.526. The average molecular weight is 413 g/mol. The van der Waals surface area contributed by atoms with Crippen LogP contribution in [0.4, 0.5) is 10.1 Å². The van der Waals surface area contributed by atoms with Gasteiger partial charge in [0.1, 0.15) is 24.9 Å². The molecule has 1 atom stereocenters. The van der Waals surface area contributed by atoms with Crippen molar-refractivity contribution in [1.29, 1.82) is 0 Å². The Morgan fingerprint density at radius 3 is 2.24 bits per heavy atom. The number of carbonyl (C=O) groups is 4. The third-order valence-electron chi connectivity index (χ3n) is 3.16. The van der Waals surface area contributed by atoms with Crippen LogP contribution < -0.4 is 16.2 Å². The number of anilines is 1. The maximum Gasteiger partial charge on any atom is 0.305 e. The van der Waals surface area contributed by atoms with Gasteiger partial charge in [0, 0.05) is 12.6 Å². The summed E-state index contributed by atoms with van der Waals surface area (Å²) in [5.74, 6) is -2.84. The number of Topliss-reactive ketones (excluding diaryl/α,β-unsaturated/α-hetero) is 1. The van der Waals surface area contributed by atoms with E-state index in [1.54, 1.807) is 6.92 Å². The third-order valence-corrected chi connectivity index (χ3v) is 3.16. The number of carboxylic acid groups (broad SMARTS) is 1. The number of alkyl halides is 1. The summed E-state index contributed by atoms with van der Waals surface area (Å²) >= 11 is 0. The number of hydrogen-bond acceptors (Lipinski definition) is 5. The number of carboxylic acids is 1. The zero-order chi connectivity index (χ0) is 22.6. The van der Waals surface area contributed by atoms with Gasteiger partial charge in [-0.25, -0.2) is 4.39 Å². The molecule has 1 aromatic rings. The fourth-order valence-electron chi connectivity index (χ4n) is 1.90. The molecule has 0 spiro atoms. The monoisotopic (exact) mass is 413 g/mol. The molecule has 0 saturated heterocycles. The molecule has 3 N–H and O–H groups in total. The van der Waals surface area contributed by atoms with Crippen LogP contribution in [-0.2, 0) is 25.7 Å². The van der Waals surface area contributed by atoms with E-state index in [0.717, 1.165) is 10.5 Å². The minimum atomic E-state index is -1.52. The first kappa shape index (κ1) is 26.0. The van der Waals surface area contributed by atoms with Crippen LogP contribution in [-0.4, -0.2) is 46.0 Å². The van der Waals surface area contributed by atoms with Gasteiger partial charge >= 0.3 is 5.97 Å². The topological polar surface area (TPSA) is 135 Å². The lowest BCUT2D eigenvalue weighted by Gasteiger charge is -2.15. The number of hydrogen-bond donors (Lipinski definition) is 3. The van der Waals surface area contributed by atoms with E-state index in [1.807, 2.05) is 0 Å². The molecule has 0 aliphatic heterocycles. The van der Waals surface area contributed by atoms with Crippen molar-refractivity contribution in [2.45, 2.75) is 53.1 Å². The van der Waals surface area contributed by atoms with Gasteiger partial charge in [0.15, 0.2) is 5.78 Å². The molecule has 0 fully saturated rings. The number of ketones is 1. The summed E-state index contributed by atoms with van der Waals surface area (Å²) in [4.78, 5) is 57.5. The van der Waals surface area contributed by atoms with Crippen molar-refractivity contribution in [2.75, 3.05) is 12.0 Å². The summed E-state index contributed by atoms with van der Waals surface area (Å²) < 4.78 is 13.4. The summed E-state index contributed by atoms with van der Waals surface area (Å²) in [6.45, 7) is 6.16. The van der Waals surface area contributed by atoms with E-state index < -0.39 is 48.9 Å². The van der Waals surface area contributed by atoms with Gasteiger partial charge in [-0.2, -0.15) is 0 Å². The van der Waals surface area contributed by atoms with E-state index in [0.29, 0.717) is 0 Å². The molecular weight excluding hydrogens is 385 g/mol. The highest BCUT2D eigenvalue weighted by molar-refractivity contribution is 5.92. The Hall–Kier alpha value is -3.04. The number of amides is 2. The van der Waals surface area contributed by atoms with Gasteiger partial charge in [0.25, 0.3) is 5.56 Å². The molecule has 9 nitrogen and oxygen atoms in total. The van der Waals surface area contributed by atoms with Crippen LogP contribution in [0.15, 0.2) is 23.1 Å². The van der Waals surface area contributed by atoms with Crippen LogP contribution >= 0.6 is 0 Å². The molecule has 0 bridgehead atoms. The van der Waals surface area contributed by atoms with Gasteiger partial charge in [-0.3, -0.25) is 24.0 Å². The maximum atomic E-state index is 12.4. The molecule has 1 rings (SSSR count). The zero-order valence-electron chi connectivity index (χ0n) is 17.0. The molecule has 0 aliphatic rings. The Morgan fingerprint density at radius 2 is 1.76 bits per heavy atom.